The third-order valence-corrected chi connectivity index (χ3v) is 7.32. The number of Topliss-reactive ketones (excluding diaryl/α,β-unsaturated/α-hetero) is 1. The Morgan fingerprint density at radius 2 is 1.94 bits per heavy atom. The first-order chi connectivity index (χ1) is 16.0. The van der Waals surface area contributed by atoms with Crippen molar-refractivity contribution >= 4 is 23.2 Å². The Hall–Kier alpha value is -3.78. The van der Waals surface area contributed by atoms with Gasteiger partial charge in [-0.3, -0.25) is 19.3 Å². The van der Waals surface area contributed by atoms with Crippen LogP contribution in [-0.2, 0) is 4.79 Å². The number of ether oxygens (including phenoxy) is 1. The number of aromatic nitrogens is 3. The normalized spacial score (nSPS) is 23.3. The Morgan fingerprint density at radius 3 is 2.73 bits per heavy atom. The van der Waals surface area contributed by atoms with E-state index < -0.39 is 17.7 Å². The molecule has 0 spiro atoms. The Kier molecular flexibility index (Phi) is 4.28. The molecule has 0 saturated carbocycles. The van der Waals surface area contributed by atoms with E-state index in [1.807, 2.05) is 67.6 Å². The Labute approximate surface area is 192 Å². The first-order valence-electron chi connectivity index (χ1n) is 10.7. The number of aromatic amines is 1. The molecule has 0 amide bonds. The van der Waals surface area contributed by atoms with Crippen LogP contribution in [0.4, 0.5) is 0 Å². The highest BCUT2D eigenvalue weighted by Gasteiger charge is 2.53. The molecular formula is C25H20N4O3S. The summed E-state index contributed by atoms with van der Waals surface area (Å²) >= 11 is 1.30. The minimum absolute atomic E-state index is 0.0590. The van der Waals surface area contributed by atoms with Crippen LogP contribution in [0.1, 0.15) is 31.0 Å². The number of para-hydroxylation sites is 1. The van der Waals surface area contributed by atoms with Crippen LogP contribution in [0.15, 0.2) is 70.6 Å². The smallest absolute Gasteiger partial charge is 0.270 e. The number of hydrogen-bond donors (Lipinski definition) is 1. The molecule has 1 N–H and O–H groups in total. The molecule has 0 saturated heterocycles. The molecular weight excluding hydrogens is 436 g/mol. The predicted molar refractivity (Wildman–Crippen MR) is 125 cm³/mol. The summed E-state index contributed by atoms with van der Waals surface area (Å²) in [4.78, 5) is 31.7. The fourth-order valence-electron chi connectivity index (χ4n) is 4.94. The summed E-state index contributed by atoms with van der Waals surface area (Å²) < 4.78 is 8.42. The van der Waals surface area contributed by atoms with Gasteiger partial charge in [-0.25, -0.2) is 4.99 Å². The number of ketones is 1. The number of rotatable bonds is 3. The molecule has 2 aliphatic heterocycles. The number of H-pyrrole nitrogens is 1. The third kappa shape index (κ3) is 2.94. The zero-order chi connectivity index (χ0) is 22.7. The molecule has 0 radical (unpaired) electrons. The van der Waals surface area contributed by atoms with Crippen LogP contribution in [0.5, 0.6) is 5.75 Å². The number of thiazole rings is 1. The van der Waals surface area contributed by atoms with E-state index in [4.69, 9.17) is 9.73 Å². The maximum absolute atomic E-state index is 13.7. The van der Waals surface area contributed by atoms with Crippen LogP contribution in [0, 0.1) is 5.92 Å². The van der Waals surface area contributed by atoms with Gasteiger partial charge in [0.1, 0.15) is 17.5 Å². The van der Waals surface area contributed by atoms with Gasteiger partial charge < -0.3 is 4.74 Å². The van der Waals surface area contributed by atoms with Crippen molar-refractivity contribution in [3.05, 3.63) is 91.6 Å². The fourth-order valence-corrected chi connectivity index (χ4v) is 6.03. The van der Waals surface area contributed by atoms with Crippen LogP contribution < -0.4 is 19.6 Å². The van der Waals surface area contributed by atoms with E-state index in [1.54, 1.807) is 10.8 Å². The van der Waals surface area contributed by atoms with E-state index in [0.717, 1.165) is 22.4 Å². The first kappa shape index (κ1) is 19.9. The lowest BCUT2D eigenvalue weighted by Crippen LogP contribution is -2.58. The van der Waals surface area contributed by atoms with Crippen molar-refractivity contribution in [2.24, 2.45) is 10.9 Å². The number of benzene rings is 2. The highest BCUT2D eigenvalue weighted by atomic mass is 32.1. The molecule has 33 heavy (non-hydrogen) atoms. The summed E-state index contributed by atoms with van der Waals surface area (Å²) in [5, 5.41) is 7.21. The largest absolute Gasteiger partial charge is 0.465 e. The molecule has 4 heterocycles. The van der Waals surface area contributed by atoms with Crippen molar-refractivity contribution in [2.45, 2.75) is 25.6 Å². The zero-order valence-electron chi connectivity index (χ0n) is 18.0. The van der Waals surface area contributed by atoms with Crippen LogP contribution in [0.25, 0.3) is 17.3 Å². The lowest BCUT2D eigenvalue weighted by molar-refractivity contribution is -0.132. The lowest BCUT2D eigenvalue weighted by Gasteiger charge is -2.45. The predicted octanol–water partition coefficient (Wildman–Crippen LogP) is 2.67. The monoisotopic (exact) mass is 456 g/mol. The second-order valence-corrected chi connectivity index (χ2v) is 9.48. The topological polar surface area (TPSA) is 89.3 Å². The molecule has 7 nitrogen and oxygen atoms in total. The maximum Gasteiger partial charge on any atom is 0.270 e. The average molecular weight is 457 g/mol. The van der Waals surface area contributed by atoms with E-state index in [1.165, 1.54) is 18.3 Å². The van der Waals surface area contributed by atoms with Crippen molar-refractivity contribution < 1.29 is 9.53 Å². The van der Waals surface area contributed by atoms with Crippen LogP contribution in [0.2, 0.25) is 0 Å². The second kappa shape index (κ2) is 7.11. The summed E-state index contributed by atoms with van der Waals surface area (Å²) in [5.74, 6) is 0.00631. The SMILES string of the molecule is CC(=O)[C@H]1[C@H]2c3ccccc3O[C@]1(C)N=c1s/c(=C\c3cn[nH]c3-c3ccccc3)c(=O)n12. The molecule has 164 valence electrons. The molecule has 2 aromatic carbocycles. The first-order valence-corrected chi connectivity index (χ1v) is 11.5. The average Bonchev–Trinajstić information content (AvgIpc) is 3.37. The quantitative estimate of drug-likeness (QED) is 0.513. The van der Waals surface area contributed by atoms with E-state index in [9.17, 15) is 9.59 Å². The fraction of sp³-hybridized carbons (Fsp3) is 0.200. The van der Waals surface area contributed by atoms with Crippen molar-refractivity contribution in [3.63, 3.8) is 0 Å². The molecule has 2 aliphatic rings. The van der Waals surface area contributed by atoms with Gasteiger partial charge in [0.2, 0.25) is 5.72 Å². The molecule has 0 aliphatic carbocycles. The Balaban J connectivity index is 1.59. The van der Waals surface area contributed by atoms with Crippen LogP contribution in [-0.4, -0.2) is 26.3 Å². The van der Waals surface area contributed by atoms with Crippen molar-refractivity contribution in [2.75, 3.05) is 0 Å². The van der Waals surface area contributed by atoms with E-state index >= 15 is 0 Å². The Bertz CT molecular complexity index is 1580. The Morgan fingerprint density at radius 1 is 1.18 bits per heavy atom. The third-order valence-electron chi connectivity index (χ3n) is 6.34. The zero-order valence-corrected chi connectivity index (χ0v) is 18.8. The van der Waals surface area contributed by atoms with Gasteiger partial charge in [-0.15, -0.1) is 0 Å². The highest BCUT2D eigenvalue weighted by molar-refractivity contribution is 7.07. The standard InChI is InChI=1S/C25H20N4O3S/c1-14(30)20-22-17-10-6-7-11-18(17)32-25(20,2)27-24-29(22)23(31)19(33-24)12-16-13-26-28-21(16)15-8-4-3-5-9-15/h3-13,20,22H,1-2H3,(H,26,28)/b19-12-/t20-,22+,25-/m0/s1. The number of nitrogens with one attached hydrogen (secondary N) is 1. The van der Waals surface area contributed by atoms with Crippen LogP contribution >= 0.6 is 11.3 Å². The lowest BCUT2D eigenvalue weighted by atomic mass is 9.79. The minimum Gasteiger partial charge on any atom is -0.465 e. The molecule has 2 bridgehead atoms. The van der Waals surface area contributed by atoms with E-state index in [-0.39, 0.29) is 11.3 Å². The van der Waals surface area contributed by atoms with Gasteiger partial charge in [-0.1, -0.05) is 59.9 Å². The van der Waals surface area contributed by atoms with Crippen molar-refractivity contribution in [3.8, 4) is 17.0 Å². The molecule has 4 aromatic rings. The van der Waals surface area contributed by atoms with E-state index in [2.05, 4.69) is 10.2 Å². The number of carbonyl (C=O) groups excluding carboxylic acids is 1. The van der Waals surface area contributed by atoms with Gasteiger partial charge in [0, 0.05) is 16.7 Å². The molecule has 2 aromatic heterocycles. The molecule has 3 atom stereocenters. The van der Waals surface area contributed by atoms with Gasteiger partial charge in [0.15, 0.2) is 4.80 Å². The van der Waals surface area contributed by atoms with Crippen LogP contribution in [0.3, 0.4) is 0 Å². The molecule has 8 heteroatoms. The van der Waals surface area contributed by atoms with E-state index in [0.29, 0.717) is 15.1 Å². The summed E-state index contributed by atoms with van der Waals surface area (Å²) in [6.07, 6.45) is 3.54. The van der Waals surface area contributed by atoms with Gasteiger partial charge in [0.25, 0.3) is 5.56 Å². The summed E-state index contributed by atoms with van der Waals surface area (Å²) in [5.41, 5.74) is 2.22. The number of nitrogens with zero attached hydrogens (tertiary/aromatic N) is 3. The van der Waals surface area contributed by atoms with Crippen molar-refractivity contribution in [1.82, 2.24) is 14.8 Å². The maximum atomic E-state index is 13.7. The highest BCUT2D eigenvalue weighted by Crippen LogP contribution is 2.47. The van der Waals surface area contributed by atoms with Gasteiger partial charge in [-0.2, -0.15) is 5.10 Å². The number of carbonyl (C=O) groups is 1. The molecule has 0 fully saturated rings. The summed E-state index contributed by atoms with van der Waals surface area (Å²) in [7, 11) is 0. The van der Waals surface area contributed by atoms with Gasteiger partial charge in [0.05, 0.1) is 22.5 Å². The van der Waals surface area contributed by atoms with Gasteiger partial charge in [-0.05, 0) is 26.0 Å². The summed E-state index contributed by atoms with van der Waals surface area (Å²) in [6, 6.07) is 16.9. The minimum atomic E-state index is -1.07. The number of fused-ring (bicyclic) bond motifs is 6. The number of hydrogen-bond acceptors (Lipinski definition) is 6. The molecule has 0 unspecified atom stereocenters. The van der Waals surface area contributed by atoms with Crippen molar-refractivity contribution in [1.29, 1.82) is 0 Å². The summed E-state index contributed by atoms with van der Waals surface area (Å²) in [6.45, 7) is 3.36. The second-order valence-electron chi connectivity index (χ2n) is 8.47. The molecule has 6 rings (SSSR count). The van der Waals surface area contributed by atoms with Gasteiger partial charge >= 0.3 is 0 Å².